The number of carboxylic acids is 1. The molecule has 8 N–H and O–H groups in total. The number of carboxylic acid groups (broad SMARTS) is 1. The number of nitrogens with one attached hydrogen (secondary N) is 6. The lowest BCUT2D eigenvalue weighted by atomic mass is 10.0. The van der Waals surface area contributed by atoms with Gasteiger partial charge in [0.2, 0.25) is 35.4 Å². The molecule has 0 unspecified atom stereocenters. The first kappa shape index (κ1) is 45.9. The second-order valence-corrected chi connectivity index (χ2v) is 14.4. The molecule has 0 aliphatic carbocycles. The largest absolute Gasteiger partial charge is 0.508 e. The summed E-state index contributed by atoms with van der Waals surface area (Å²) < 4.78 is 0. The fourth-order valence-corrected chi connectivity index (χ4v) is 6.34. The van der Waals surface area contributed by atoms with E-state index in [0.29, 0.717) is 27.3 Å². The number of hydrogen-bond acceptors (Lipinski definition) is 9. The van der Waals surface area contributed by atoms with E-state index in [2.05, 4.69) is 36.9 Å². The molecule has 0 aliphatic heterocycles. The van der Waals surface area contributed by atoms with Crippen molar-refractivity contribution in [3.05, 3.63) is 131 Å². The van der Waals surface area contributed by atoms with Gasteiger partial charge in [0.1, 0.15) is 36.0 Å². The van der Waals surface area contributed by atoms with Crippen LogP contribution in [0.5, 0.6) is 5.75 Å². The number of carbonyl (C=O) groups excluding carboxylic acids is 6. The Morgan fingerprint density at radius 3 is 1.48 bits per heavy atom. The Morgan fingerprint density at radius 1 is 0.567 bits per heavy atom. The highest BCUT2D eigenvalue weighted by Crippen LogP contribution is 2.15. The van der Waals surface area contributed by atoms with Crippen molar-refractivity contribution < 1.29 is 43.8 Å². The van der Waals surface area contributed by atoms with Crippen LogP contribution in [-0.2, 0) is 59.2 Å². The number of amides is 6. The van der Waals surface area contributed by atoms with Gasteiger partial charge in [0, 0.05) is 63.5 Å². The summed E-state index contributed by atoms with van der Waals surface area (Å²) in [6.45, 7) is 1.25. The lowest BCUT2D eigenvalue weighted by Crippen LogP contribution is -2.60. The summed E-state index contributed by atoms with van der Waals surface area (Å²) in [5, 5.41) is 35.6. The van der Waals surface area contributed by atoms with Crippen molar-refractivity contribution in [3.63, 3.8) is 0 Å². The number of hydrogen-bond donors (Lipinski definition) is 8. The number of benzene rings is 3. The molecule has 0 saturated heterocycles. The molecular formula is C43H48ClN7O9. The predicted molar refractivity (Wildman–Crippen MR) is 221 cm³/mol. The van der Waals surface area contributed by atoms with E-state index in [-0.39, 0.29) is 37.9 Å². The van der Waals surface area contributed by atoms with Crippen LogP contribution < -0.4 is 31.9 Å². The van der Waals surface area contributed by atoms with Crippen molar-refractivity contribution in [3.8, 4) is 5.75 Å². The number of aromatic hydroxyl groups is 1. The van der Waals surface area contributed by atoms with E-state index in [4.69, 9.17) is 11.6 Å². The quantitative estimate of drug-likeness (QED) is 0.0605. The summed E-state index contributed by atoms with van der Waals surface area (Å²) in [6, 6.07) is 18.2. The van der Waals surface area contributed by atoms with Crippen molar-refractivity contribution in [1.82, 2.24) is 36.9 Å². The molecule has 4 aromatic rings. The first-order valence-electron chi connectivity index (χ1n) is 19.1. The number of carbonyl (C=O) groups is 7. The normalized spacial score (nSPS) is 13.2. The van der Waals surface area contributed by atoms with Crippen LogP contribution in [0.1, 0.15) is 42.0 Å². The van der Waals surface area contributed by atoms with Gasteiger partial charge in [0.15, 0.2) is 0 Å². The number of nitrogens with zero attached hydrogens (tertiary/aromatic N) is 1. The van der Waals surface area contributed by atoms with E-state index in [1.165, 1.54) is 32.3 Å². The molecule has 1 heterocycles. The minimum absolute atomic E-state index is 0.0290. The van der Waals surface area contributed by atoms with Crippen LogP contribution in [-0.4, -0.2) is 93.9 Å². The van der Waals surface area contributed by atoms with Crippen molar-refractivity contribution in [1.29, 1.82) is 0 Å². The molecule has 0 spiro atoms. The van der Waals surface area contributed by atoms with Crippen LogP contribution in [0.15, 0.2) is 103 Å². The van der Waals surface area contributed by atoms with E-state index in [0.717, 1.165) is 0 Å². The molecule has 0 radical (unpaired) electrons. The standard InChI is InChI=1S/C43H48ClN7O9/c1-26(52)47-35(24-30-9-6-20-46-25-30)41(58)50-37(23-29-12-16-32(53)17-13-29)43(60)51-36(21-27-7-4-3-5-8-27)42(59)48-33(18-19-38(54)55)40(57)49-34(39(56)45-2)22-28-10-14-31(44)15-11-28/h3-17,20,25,33-37,53H,18-19,21-24H2,1-2H3,(H,45,56)(H,47,52)(H,48,59)(H,49,57)(H,50,58)(H,51,60)(H,54,55)/t33-,34-,35-,36-,37-/m0/s1. The van der Waals surface area contributed by atoms with Gasteiger partial charge in [-0.15, -0.1) is 0 Å². The number of rotatable bonds is 21. The highest BCUT2D eigenvalue weighted by Gasteiger charge is 2.33. The summed E-state index contributed by atoms with van der Waals surface area (Å²) in [5.41, 5.74) is 2.46. The number of halogens is 1. The van der Waals surface area contributed by atoms with Gasteiger partial charge in [-0.2, -0.15) is 0 Å². The molecule has 16 nitrogen and oxygen atoms in total. The third-order valence-electron chi connectivity index (χ3n) is 9.29. The van der Waals surface area contributed by atoms with Gasteiger partial charge >= 0.3 is 5.97 Å². The van der Waals surface area contributed by atoms with Crippen molar-refractivity contribution >= 4 is 53.0 Å². The maximum absolute atomic E-state index is 14.3. The highest BCUT2D eigenvalue weighted by atomic mass is 35.5. The zero-order valence-electron chi connectivity index (χ0n) is 33.0. The third-order valence-corrected chi connectivity index (χ3v) is 9.55. The Balaban J connectivity index is 1.62. The van der Waals surface area contributed by atoms with Crippen LogP contribution in [0.25, 0.3) is 0 Å². The lowest BCUT2D eigenvalue weighted by Gasteiger charge is -2.27. The molecule has 0 fully saturated rings. The number of pyridine rings is 1. The number of aromatic nitrogens is 1. The summed E-state index contributed by atoms with van der Waals surface area (Å²) in [4.78, 5) is 96.9. The van der Waals surface area contributed by atoms with Gasteiger partial charge in [0.05, 0.1) is 0 Å². The first-order chi connectivity index (χ1) is 28.7. The molecule has 3 aromatic carbocycles. The monoisotopic (exact) mass is 841 g/mol. The van der Waals surface area contributed by atoms with E-state index in [1.54, 1.807) is 85.1 Å². The van der Waals surface area contributed by atoms with Crippen LogP contribution in [0.3, 0.4) is 0 Å². The average Bonchev–Trinajstić information content (AvgIpc) is 3.22. The molecule has 5 atom stereocenters. The van der Waals surface area contributed by atoms with Gasteiger partial charge < -0.3 is 42.1 Å². The zero-order valence-corrected chi connectivity index (χ0v) is 33.8. The maximum Gasteiger partial charge on any atom is 0.303 e. The molecule has 0 saturated carbocycles. The fourth-order valence-electron chi connectivity index (χ4n) is 6.21. The second kappa shape index (κ2) is 23.0. The van der Waals surface area contributed by atoms with Gasteiger partial charge in [0.25, 0.3) is 0 Å². The van der Waals surface area contributed by atoms with Gasteiger partial charge in [-0.3, -0.25) is 38.5 Å². The Labute approximate surface area is 351 Å². The smallest absolute Gasteiger partial charge is 0.303 e. The molecule has 4 rings (SSSR count). The van der Waals surface area contributed by atoms with Gasteiger partial charge in [-0.1, -0.05) is 72.3 Å². The summed E-state index contributed by atoms with van der Waals surface area (Å²) in [5.74, 6) is -5.50. The topological polar surface area (TPSA) is 245 Å². The van der Waals surface area contributed by atoms with E-state index >= 15 is 0 Å². The Kier molecular flexibility index (Phi) is 17.6. The summed E-state index contributed by atoms with van der Waals surface area (Å²) in [7, 11) is 1.39. The molecule has 316 valence electrons. The number of aliphatic carboxylic acids is 1. The predicted octanol–water partition coefficient (Wildman–Crippen LogP) is 1.77. The minimum Gasteiger partial charge on any atom is -0.508 e. The summed E-state index contributed by atoms with van der Waals surface area (Å²) in [6.07, 6.45) is 2.13. The SMILES string of the molecule is CNC(=O)[C@H](Cc1ccc(Cl)cc1)NC(=O)[C@H](CCC(=O)O)NC(=O)[C@H](Cc1ccccc1)NC(=O)[C@H](Cc1ccc(O)cc1)NC(=O)[C@H](Cc1cccnc1)NC(C)=O. The zero-order chi connectivity index (χ0) is 43.6. The molecule has 0 aliphatic rings. The van der Waals surface area contributed by atoms with Crippen molar-refractivity contribution in [2.75, 3.05) is 7.05 Å². The molecule has 60 heavy (non-hydrogen) atoms. The van der Waals surface area contributed by atoms with Gasteiger partial charge in [-0.25, -0.2) is 0 Å². The van der Waals surface area contributed by atoms with Crippen LogP contribution >= 0.6 is 11.6 Å². The third kappa shape index (κ3) is 15.2. The lowest BCUT2D eigenvalue weighted by molar-refractivity contribution is -0.138. The van der Waals surface area contributed by atoms with Crippen LogP contribution in [0, 0.1) is 0 Å². The Hall–Kier alpha value is -6.81. The molecule has 0 bridgehead atoms. The van der Waals surface area contributed by atoms with E-state index in [1.807, 2.05) is 0 Å². The highest BCUT2D eigenvalue weighted by molar-refractivity contribution is 6.30. The Morgan fingerprint density at radius 2 is 1.00 bits per heavy atom. The second-order valence-electron chi connectivity index (χ2n) is 14.0. The summed E-state index contributed by atoms with van der Waals surface area (Å²) >= 11 is 6.01. The van der Waals surface area contributed by atoms with Crippen LogP contribution in [0.2, 0.25) is 5.02 Å². The van der Waals surface area contributed by atoms with Crippen molar-refractivity contribution in [2.24, 2.45) is 0 Å². The number of likely N-dealkylation sites (N-methyl/N-ethyl adjacent to an activating group) is 1. The van der Waals surface area contributed by atoms with Gasteiger partial charge in [-0.05, 0) is 59.0 Å². The van der Waals surface area contributed by atoms with E-state index < -0.39 is 78.0 Å². The average molecular weight is 842 g/mol. The first-order valence-corrected chi connectivity index (χ1v) is 19.5. The van der Waals surface area contributed by atoms with E-state index in [9.17, 15) is 43.8 Å². The molecular weight excluding hydrogens is 794 g/mol. The molecule has 17 heteroatoms. The van der Waals surface area contributed by atoms with Crippen LogP contribution in [0.4, 0.5) is 0 Å². The fraction of sp³-hybridized carbons (Fsp3) is 0.302. The number of phenols is 1. The minimum atomic E-state index is -1.46. The Bertz CT molecular complexity index is 2090. The molecule has 1 aromatic heterocycles. The maximum atomic E-state index is 14.3. The van der Waals surface area contributed by atoms with Crippen molar-refractivity contribution in [2.45, 2.75) is 75.7 Å². The number of phenolic OH excluding ortho intramolecular Hbond substituents is 1. The molecule has 6 amide bonds.